The number of carbonyl (C=O) groups excluding carboxylic acids is 1. The number of fused-ring (bicyclic) bond motifs is 1. The molecule has 1 aromatic heterocycles. The third kappa shape index (κ3) is 3.49. The highest BCUT2D eigenvalue weighted by Gasteiger charge is 2.32. The predicted molar refractivity (Wildman–Crippen MR) is 110 cm³/mol. The molecule has 146 valence electrons. The van der Waals surface area contributed by atoms with E-state index in [4.69, 9.17) is 9.72 Å². The maximum absolute atomic E-state index is 12.4. The van der Waals surface area contributed by atoms with Crippen molar-refractivity contribution in [3.8, 4) is 5.75 Å². The number of aromatic nitrogens is 2. The normalized spacial score (nSPS) is 16.6. The van der Waals surface area contributed by atoms with Crippen LogP contribution in [-0.2, 0) is 11.3 Å². The Morgan fingerprint density at radius 2 is 1.96 bits per heavy atom. The lowest BCUT2D eigenvalue weighted by Gasteiger charge is -2.25. The molecule has 0 bridgehead atoms. The molecule has 1 aliphatic heterocycles. The van der Waals surface area contributed by atoms with Crippen molar-refractivity contribution in [1.82, 2.24) is 14.5 Å². The largest absolute Gasteiger partial charge is 0.491 e. The number of ether oxygens (including phenoxy) is 1. The number of nitrogens with zero attached hydrogens (tertiary/aromatic N) is 3. The highest BCUT2D eigenvalue weighted by atomic mass is 16.5. The van der Waals surface area contributed by atoms with Crippen molar-refractivity contribution in [2.75, 3.05) is 13.2 Å². The molecule has 0 saturated carbocycles. The molecule has 28 heavy (non-hydrogen) atoms. The van der Waals surface area contributed by atoms with E-state index in [1.165, 1.54) is 0 Å². The van der Waals surface area contributed by atoms with E-state index in [0.29, 0.717) is 19.6 Å². The van der Waals surface area contributed by atoms with Gasteiger partial charge in [-0.05, 0) is 43.5 Å². The van der Waals surface area contributed by atoms with Gasteiger partial charge in [-0.2, -0.15) is 0 Å². The van der Waals surface area contributed by atoms with Gasteiger partial charge in [0.05, 0.1) is 23.6 Å². The molecule has 2 heterocycles. The maximum atomic E-state index is 12.4. The van der Waals surface area contributed by atoms with Gasteiger partial charge in [0, 0.05) is 13.0 Å². The highest BCUT2D eigenvalue weighted by Crippen LogP contribution is 2.34. The van der Waals surface area contributed by atoms with Crippen LogP contribution in [0.3, 0.4) is 0 Å². The molecule has 1 atom stereocenters. The number of amides is 1. The van der Waals surface area contributed by atoms with Gasteiger partial charge in [0.1, 0.15) is 18.2 Å². The van der Waals surface area contributed by atoms with Crippen molar-refractivity contribution in [2.24, 2.45) is 0 Å². The number of aryl methyl sites for hydroxylation is 1. The van der Waals surface area contributed by atoms with Crippen LogP contribution >= 0.6 is 0 Å². The highest BCUT2D eigenvalue weighted by molar-refractivity contribution is 5.78. The molecule has 0 unspecified atom stereocenters. The second-order valence-electron chi connectivity index (χ2n) is 7.32. The van der Waals surface area contributed by atoms with E-state index in [9.17, 15) is 4.79 Å². The third-order valence-electron chi connectivity index (χ3n) is 5.52. The van der Waals surface area contributed by atoms with Gasteiger partial charge in [-0.15, -0.1) is 0 Å². The second-order valence-corrected chi connectivity index (χ2v) is 7.32. The fourth-order valence-electron chi connectivity index (χ4n) is 4.09. The molecule has 1 fully saturated rings. The summed E-state index contributed by atoms with van der Waals surface area (Å²) in [6.45, 7) is 6.07. The fourth-order valence-corrected chi connectivity index (χ4v) is 4.09. The number of para-hydroxylation sites is 3. The molecule has 1 aliphatic rings. The summed E-state index contributed by atoms with van der Waals surface area (Å²) >= 11 is 0. The number of rotatable bonds is 6. The number of benzene rings is 2. The Bertz CT molecular complexity index is 979. The van der Waals surface area contributed by atoms with E-state index >= 15 is 0 Å². The van der Waals surface area contributed by atoms with Crippen LogP contribution in [0.15, 0.2) is 48.5 Å². The van der Waals surface area contributed by atoms with Crippen molar-refractivity contribution in [3.05, 3.63) is 59.9 Å². The van der Waals surface area contributed by atoms with Gasteiger partial charge >= 0.3 is 0 Å². The molecule has 1 amide bonds. The Balaban J connectivity index is 1.62. The van der Waals surface area contributed by atoms with E-state index in [2.05, 4.69) is 23.6 Å². The smallest absolute Gasteiger partial charge is 0.222 e. The summed E-state index contributed by atoms with van der Waals surface area (Å²) in [5.74, 6) is 2.10. The van der Waals surface area contributed by atoms with Crippen LogP contribution in [0.1, 0.15) is 43.6 Å². The van der Waals surface area contributed by atoms with Crippen LogP contribution in [0.25, 0.3) is 11.0 Å². The molecule has 0 N–H and O–H groups in total. The Morgan fingerprint density at radius 3 is 2.79 bits per heavy atom. The number of imidazole rings is 1. The molecule has 1 saturated heterocycles. The lowest BCUT2D eigenvalue weighted by Crippen LogP contribution is -2.31. The Labute approximate surface area is 165 Å². The molecular formula is C23H27N3O2. The first-order chi connectivity index (χ1) is 13.7. The van der Waals surface area contributed by atoms with Crippen molar-refractivity contribution < 1.29 is 9.53 Å². The van der Waals surface area contributed by atoms with Crippen molar-refractivity contribution in [1.29, 1.82) is 0 Å². The lowest BCUT2D eigenvalue weighted by molar-refractivity contribution is -0.131. The Morgan fingerprint density at radius 1 is 1.18 bits per heavy atom. The van der Waals surface area contributed by atoms with Gasteiger partial charge in [0.25, 0.3) is 0 Å². The van der Waals surface area contributed by atoms with Gasteiger partial charge in [0.2, 0.25) is 5.91 Å². The minimum absolute atomic E-state index is 0.0540. The van der Waals surface area contributed by atoms with Crippen LogP contribution in [0.5, 0.6) is 5.75 Å². The monoisotopic (exact) mass is 377 g/mol. The molecule has 0 radical (unpaired) electrons. The Kier molecular flexibility index (Phi) is 5.33. The number of hydrogen-bond donors (Lipinski definition) is 0. The average Bonchev–Trinajstić information content (AvgIpc) is 3.33. The molecule has 5 heteroatoms. The van der Waals surface area contributed by atoms with Crippen molar-refractivity contribution >= 4 is 16.9 Å². The SMILES string of the molecule is CCC(=O)N1CCC[C@H]1c1nc2ccccc2n1CCOc1ccccc1C. The van der Waals surface area contributed by atoms with Crippen LogP contribution in [0.4, 0.5) is 0 Å². The summed E-state index contributed by atoms with van der Waals surface area (Å²) in [4.78, 5) is 19.3. The molecule has 2 aromatic carbocycles. The predicted octanol–water partition coefficient (Wildman–Crippen LogP) is 4.50. The molecule has 5 nitrogen and oxygen atoms in total. The van der Waals surface area contributed by atoms with Gasteiger partial charge in [-0.25, -0.2) is 4.98 Å². The van der Waals surface area contributed by atoms with E-state index in [1.807, 2.05) is 48.2 Å². The van der Waals surface area contributed by atoms with E-state index in [1.54, 1.807) is 0 Å². The molecule has 0 aliphatic carbocycles. The fraction of sp³-hybridized carbons (Fsp3) is 0.391. The standard InChI is InChI=1S/C23H27N3O2/c1-3-22(27)25-14-8-12-20(25)23-24-18-10-5-6-11-19(18)26(23)15-16-28-21-13-7-4-9-17(21)2/h4-7,9-11,13,20H,3,8,12,14-16H2,1-2H3/t20-/m0/s1. The zero-order valence-corrected chi connectivity index (χ0v) is 16.6. The summed E-state index contributed by atoms with van der Waals surface area (Å²) in [7, 11) is 0. The summed E-state index contributed by atoms with van der Waals surface area (Å²) < 4.78 is 8.28. The zero-order valence-electron chi connectivity index (χ0n) is 16.6. The van der Waals surface area contributed by atoms with Crippen LogP contribution in [-0.4, -0.2) is 33.5 Å². The van der Waals surface area contributed by atoms with Gasteiger partial charge in [-0.1, -0.05) is 37.3 Å². The summed E-state index contributed by atoms with van der Waals surface area (Å²) in [5, 5.41) is 0. The average molecular weight is 377 g/mol. The Hall–Kier alpha value is -2.82. The summed E-state index contributed by atoms with van der Waals surface area (Å²) in [6.07, 6.45) is 2.53. The van der Waals surface area contributed by atoms with E-state index in [0.717, 1.165) is 47.6 Å². The zero-order chi connectivity index (χ0) is 19.5. The minimum atomic E-state index is 0.0540. The number of carbonyl (C=O) groups is 1. The number of likely N-dealkylation sites (tertiary alicyclic amines) is 1. The van der Waals surface area contributed by atoms with Gasteiger partial charge in [-0.3, -0.25) is 4.79 Å². The molecule has 0 spiro atoms. The third-order valence-corrected chi connectivity index (χ3v) is 5.52. The van der Waals surface area contributed by atoms with Crippen LogP contribution in [0, 0.1) is 6.92 Å². The first-order valence-corrected chi connectivity index (χ1v) is 10.1. The van der Waals surface area contributed by atoms with E-state index in [-0.39, 0.29) is 11.9 Å². The topological polar surface area (TPSA) is 47.4 Å². The molecule has 3 aromatic rings. The summed E-state index contributed by atoms with van der Waals surface area (Å²) in [5.41, 5.74) is 3.21. The quantitative estimate of drug-likeness (QED) is 0.635. The first kappa shape index (κ1) is 18.5. The molecular weight excluding hydrogens is 350 g/mol. The van der Waals surface area contributed by atoms with Crippen molar-refractivity contribution in [3.63, 3.8) is 0 Å². The van der Waals surface area contributed by atoms with E-state index < -0.39 is 0 Å². The van der Waals surface area contributed by atoms with Gasteiger partial charge < -0.3 is 14.2 Å². The van der Waals surface area contributed by atoms with Crippen molar-refractivity contribution in [2.45, 2.75) is 45.7 Å². The van der Waals surface area contributed by atoms with Crippen LogP contribution < -0.4 is 4.74 Å². The maximum Gasteiger partial charge on any atom is 0.222 e. The second kappa shape index (κ2) is 8.05. The van der Waals surface area contributed by atoms with Gasteiger partial charge in [0.15, 0.2) is 0 Å². The minimum Gasteiger partial charge on any atom is -0.491 e. The van der Waals surface area contributed by atoms with Crippen LogP contribution in [0.2, 0.25) is 0 Å². The lowest BCUT2D eigenvalue weighted by atomic mass is 10.2. The summed E-state index contributed by atoms with van der Waals surface area (Å²) in [6, 6.07) is 16.3. The molecule has 4 rings (SSSR count). The first-order valence-electron chi connectivity index (χ1n) is 10.1. The number of hydrogen-bond acceptors (Lipinski definition) is 3.